The zero-order valence-electron chi connectivity index (χ0n) is 14.9. The van der Waals surface area contributed by atoms with Gasteiger partial charge in [0.15, 0.2) is 11.5 Å². The van der Waals surface area contributed by atoms with Crippen LogP contribution in [-0.4, -0.2) is 47.0 Å². The molecule has 1 unspecified atom stereocenters. The second-order valence-corrected chi connectivity index (χ2v) is 6.73. The SMILES string of the molecule is CC(Cc1ccc2c(c1)OCO2)c1nccn1CCN1CCCOC1=O. The Bertz CT molecular complexity index is 789. The molecule has 2 aliphatic heterocycles. The molecule has 0 saturated carbocycles. The number of fused-ring (bicyclic) bond motifs is 1. The normalized spacial score (nSPS) is 17.3. The van der Waals surface area contributed by atoms with Gasteiger partial charge in [-0.1, -0.05) is 13.0 Å². The number of imidazole rings is 1. The van der Waals surface area contributed by atoms with Crippen LogP contribution in [0.25, 0.3) is 0 Å². The summed E-state index contributed by atoms with van der Waals surface area (Å²) in [6.07, 6.45) is 5.33. The topological polar surface area (TPSA) is 65.8 Å². The van der Waals surface area contributed by atoms with E-state index in [2.05, 4.69) is 22.5 Å². The van der Waals surface area contributed by atoms with Gasteiger partial charge in [-0.05, 0) is 30.5 Å². The van der Waals surface area contributed by atoms with Gasteiger partial charge in [0.05, 0.1) is 6.61 Å². The quantitative estimate of drug-likeness (QED) is 0.795. The van der Waals surface area contributed by atoms with Crippen molar-refractivity contribution in [3.05, 3.63) is 42.0 Å². The predicted octanol–water partition coefficient (Wildman–Crippen LogP) is 2.80. The van der Waals surface area contributed by atoms with E-state index in [4.69, 9.17) is 14.2 Å². The first kappa shape index (κ1) is 16.8. The van der Waals surface area contributed by atoms with Gasteiger partial charge < -0.3 is 23.7 Å². The predicted molar refractivity (Wildman–Crippen MR) is 94.4 cm³/mol. The van der Waals surface area contributed by atoms with Crippen LogP contribution in [0.5, 0.6) is 11.5 Å². The lowest BCUT2D eigenvalue weighted by Gasteiger charge is -2.26. The van der Waals surface area contributed by atoms with Crippen LogP contribution in [0.3, 0.4) is 0 Å². The van der Waals surface area contributed by atoms with Gasteiger partial charge >= 0.3 is 6.09 Å². The van der Waals surface area contributed by atoms with Crippen LogP contribution in [0, 0.1) is 0 Å². The van der Waals surface area contributed by atoms with Crippen molar-refractivity contribution >= 4 is 6.09 Å². The number of hydrogen-bond donors (Lipinski definition) is 0. The van der Waals surface area contributed by atoms with E-state index in [1.165, 1.54) is 5.56 Å². The van der Waals surface area contributed by atoms with E-state index >= 15 is 0 Å². The van der Waals surface area contributed by atoms with E-state index in [0.717, 1.165) is 43.3 Å². The fourth-order valence-electron chi connectivity index (χ4n) is 3.48. The zero-order chi connectivity index (χ0) is 17.9. The van der Waals surface area contributed by atoms with Crippen LogP contribution in [0.4, 0.5) is 4.79 Å². The third-order valence-electron chi connectivity index (χ3n) is 4.83. The van der Waals surface area contributed by atoms with Crippen molar-refractivity contribution < 1.29 is 19.0 Å². The Morgan fingerprint density at radius 2 is 2.08 bits per heavy atom. The van der Waals surface area contributed by atoms with Gasteiger partial charge in [-0.3, -0.25) is 0 Å². The summed E-state index contributed by atoms with van der Waals surface area (Å²) in [7, 11) is 0. The number of carbonyl (C=O) groups excluding carboxylic acids is 1. The molecule has 2 aromatic rings. The fraction of sp³-hybridized carbons (Fsp3) is 0.474. The van der Waals surface area contributed by atoms with Crippen LogP contribution in [0.1, 0.15) is 30.7 Å². The average molecular weight is 357 g/mol. The summed E-state index contributed by atoms with van der Waals surface area (Å²) in [5.74, 6) is 2.88. The number of carbonyl (C=O) groups is 1. The van der Waals surface area contributed by atoms with E-state index in [1.54, 1.807) is 4.90 Å². The molecule has 1 amide bonds. The molecule has 7 heteroatoms. The molecular formula is C19H23N3O4. The summed E-state index contributed by atoms with van der Waals surface area (Å²) < 4.78 is 18.0. The van der Waals surface area contributed by atoms with E-state index in [9.17, 15) is 4.79 Å². The van der Waals surface area contributed by atoms with Crippen LogP contribution >= 0.6 is 0 Å². The van der Waals surface area contributed by atoms with Gasteiger partial charge in [-0.25, -0.2) is 9.78 Å². The monoisotopic (exact) mass is 357 g/mol. The molecule has 0 bridgehead atoms. The summed E-state index contributed by atoms with van der Waals surface area (Å²) in [6.45, 7) is 5.10. The minimum absolute atomic E-state index is 0.216. The first-order valence-corrected chi connectivity index (χ1v) is 9.02. The molecule has 26 heavy (non-hydrogen) atoms. The van der Waals surface area contributed by atoms with E-state index in [1.807, 2.05) is 24.5 Å². The Morgan fingerprint density at radius 1 is 1.19 bits per heavy atom. The number of cyclic esters (lactones) is 1. The molecule has 138 valence electrons. The minimum Gasteiger partial charge on any atom is -0.454 e. The summed E-state index contributed by atoms with van der Waals surface area (Å²) >= 11 is 0. The van der Waals surface area contributed by atoms with Crippen molar-refractivity contribution in [1.82, 2.24) is 14.5 Å². The number of aromatic nitrogens is 2. The number of hydrogen-bond acceptors (Lipinski definition) is 5. The molecule has 4 rings (SSSR count). The molecule has 1 atom stereocenters. The highest BCUT2D eigenvalue weighted by Crippen LogP contribution is 2.33. The highest BCUT2D eigenvalue weighted by Gasteiger charge is 2.21. The van der Waals surface area contributed by atoms with Crippen LogP contribution in [0.15, 0.2) is 30.6 Å². The van der Waals surface area contributed by atoms with Crippen LogP contribution in [0.2, 0.25) is 0 Å². The molecule has 1 aromatic heterocycles. The summed E-state index contributed by atoms with van der Waals surface area (Å²) in [5, 5.41) is 0. The first-order chi connectivity index (χ1) is 12.7. The highest BCUT2D eigenvalue weighted by atomic mass is 16.7. The highest BCUT2D eigenvalue weighted by molar-refractivity contribution is 5.68. The van der Waals surface area contributed by atoms with Gasteiger partial charge in [0, 0.05) is 37.9 Å². The number of amides is 1. The van der Waals surface area contributed by atoms with Crippen LogP contribution < -0.4 is 9.47 Å². The number of rotatable bonds is 6. The maximum Gasteiger partial charge on any atom is 0.409 e. The fourth-order valence-corrected chi connectivity index (χ4v) is 3.48. The Balaban J connectivity index is 1.40. The van der Waals surface area contributed by atoms with Crippen molar-refractivity contribution in [1.29, 1.82) is 0 Å². The second-order valence-electron chi connectivity index (χ2n) is 6.73. The molecule has 1 saturated heterocycles. The van der Waals surface area contributed by atoms with Crippen molar-refractivity contribution in [3.63, 3.8) is 0 Å². The van der Waals surface area contributed by atoms with Crippen molar-refractivity contribution in [2.24, 2.45) is 0 Å². The smallest absolute Gasteiger partial charge is 0.409 e. The third kappa shape index (κ3) is 3.47. The molecule has 1 fully saturated rings. The Hall–Kier alpha value is -2.70. The molecule has 2 aliphatic rings. The molecule has 0 N–H and O–H groups in total. The van der Waals surface area contributed by atoms with Crippen molar-refractivity contribution in [2.75, 3.05) is 26.5 Å². The summed E-state index contributed by atoms with van der Waals surface area (Å²) in [5.41, 5.74) is 1.19. The number of benzene rings is 1. The van der Waals surface area contributed by atoms with Gasteiger partial charge in [-0.2, -0.15) is 0 Å². The number of ether oxygens (including phenoxy) is 3. The molecule has 1 aromatic carbocycles. The minimum atomic E-state index is -0.216. The Labute approximate surface area is 152 Å². The second kappa shape index (κ2) is 7.27. The lowest BCUT2D eigenvalue weighted by Crippen LogP contribution is -2.39. The molecule has 0 radical (unpaired) electrons. The van der Waals surface area contributed by atoms with Gasteiger partial charge in [-0.15, -0.1) is 0 Å². The van der Waals surface area contributed by atoms with Crippen molar-refractivity contribution in [2.45, 2.75) is 32.2 Å². The average Bonchev–Trinajstić information content (AvgIpc) is 3.29. The van der Waals surface area contributed by atoms with Gasteiger partial charge in [0.2, 0.25) is 6.79 Å². The van der Waals surface area contributed by atoms with E-state index in [-0.39, 0.29) is 18.8 Å². The maximum atomic E-state index is 11.8. The lowest BCUT2D eigenvalue weighted by molar-refractivity contribution is 0.0715. The van der Waals surface area contributed by atoms with Gasteiger partial charge in [0.25, 0.3) is 0 Å². The Kier molecular flexibility index (Phi) is 4.69. The summed E-state index contributed by atoms with van der Waals surface area (Å²) in [6, 6.07) is 6.07. The van der Waals surface area contributed by atoms with E-state index in [0.29, 0.717) is 13.2 Å². The molecular weight excluding hydrogens is 334 g/mol. The Morgan fingerprint density at radius 3 is 2.96 bits per heavy atom. The standard InChI is InChI=1S/C19H23N3O4/c1-14(11-15-3-4-16-17(12-15)26-13-25-16)18-20-5-7-21(18)8-9-22-6-2-10-24-19(22)23/h3-5,7,12,14H,2,6,8-11,13H2,1H3. The molecule has 0 aliphatic carbocycles. The largest absolute Gasteiger partial charge is 0.454 e. The van der Waals surface area contributed by atoms with Crippen LogP contribution in [-0.2, 0) is 17.7 Å². The number of nitrogens with zero attached hydrogens (tertiary/aromatic N) is 3. The summed E-state index contributed by atoms with van der Waals surface area (Å²) in [4.78, 5) is 18.1. The van der Waals surface area contributed by atoms with Gasteiger partial charge in [0.1, 0.15) is 5.82 Å². The first-order valence-electron chi connectivity index (χ1n) is 9.02. The lowest BCUT2D eigenvalue weighted by atomic mass is 10.00. The molecule has 3 heterocycles. The zero-order valence-corrected chi connectivity index (χ0v) is 14.9. The van der Waals surface area contributed by atoms with Crippen molar-refractivity contribution in [3.8, 4) is 11.5 Å². The van der Waals surface area contributed by atoms with E-state index < -0.39 is 0 Å². The molecule has 0 spiro atoms. The maximum absolute atomic E-state index is 11.8. The third-order valence-corrected chi connectivity index (χ3v) is 4.83. The molecule has 7 nitrogen and oxygen atoms in total.